The van der Waals surface area contributed by atoms with Gasteiger partial charge in [0.25, 0.3) is 0 Å². The number of halogens is 1. The number of hydrogen-bond donors (Lipinski definition) is 1. The first kappa shape index (κ1) is 16.7. The Kier molecular flexibility index (Phi) is 5.02. The largest absolute Gasteiger partial charge is 0.366 e. The lowest BCUT2D eigenvalue weighted by Crippen LogP contribution is -2.14. The van der Waals surface area contributed by atoms with Crippen molar-refractivity contribution >= 4 is 56.6 Å². The Bertz CT molecular complexity index is 888. The van der Waals surface area contributed by atoms with E-state index in [4.69, 9.17) is 11.6 Å². The van der Waals surface area contributed by atoms with Gasteiger partial charge in [0.05, 0.1) is 27.8 Å². The maximum absolute atomic E-state index is 6.28. The molecule has 0 amide bonds. The number of nitrogens with one attached hydrogen (secondary N) is 1. The molecule has 0 fully saturated rings. The molecule has 0 radical (unpaired) electrons. The van der Waals surface area contributed by atoms with E-state index in [0.717, 1.165) is 39.4 Å². The summed E-state index contributed by atoms with van der Waals surface area (Å²) in [5, 5.41) is 4.10. The molecule has 1 aromatic heterocycles. The summed E-state index contributed by atoms with van der Waals surface area (Å²) in [6.07, 6.45) is 1.83. The van der Waals surface area contributed by atoms with Crippen LogP contribution in [0.3, 0.4) is 0 Å². The van der Waals surface area contributed by atoms with Crippen LogP contribution in [0, 0.1) is 6.92 Å². The molecule has 24 heavy (non-hydrogen) atoms. The number of aliphatic imine (C=N–C) groups is 1. The fraction of sp³-hybridized carbons (Fsp3) is 0.222. The zero-order chi connectivity index (χ0) is 17.1. The number of fused-ring (bicyclic) bond motifs is 1. The molecular formula is C18H19ClN4S. The molecular weight excluding hydrogens is 340 g/mol. The van der Waals surface area contributed by atoms with Crippen molar-refractivity contribution in [2.24, 2.45) is 4.99 Å². The monoisotopic (exact) mass is 358 g/mol. The van der Waals surface area contributed by atoms with E-state index in [2.05, 4.69) is 28.3 Å². The highest BCUT2D eigenvalue weighted by molar-refractivity contribution is 7.16. The van der Waals surface area contributed by atoms with Gasteiger partial charge in [0, 0.05) is 30.0 Å². The molecule has 6 heteroatoms. The summed E-state index contributed by atoms with van der Waals surface area (Å²) < 4.78 is 1.16. The molecule has 0 unspecified atom stereocenters. The molecule has 2 aromatic carbocycles. The van der Waals surface area contributed by atoms with Crippen LogP contribution in [0.4, 0.5) is 17.1 Å². The maximum atomic E-state index is 6.28. The number of anilines is 2. The van der Waals surface area contributed by atoms with Crippen molar-refractivity contribution in [3.8, 4) is 0 Å². The van der Waals surface area contributed by atoms with Crippen molar-refractivity contribution in [1.82, 2.24) is 9.88 Å². The van der Waals surface area contributed by atoms with E-state index in [9.17, 15) is 0 Å². The highest BCUT2D eigenvalue weighted by Crippen LogP contribution is 2.33. The van der Waals surface area contributed by atoms with E-state index in [1.54, 1.807) is 11.3 Å². The first-order chi connectivity index (χ1) is 11.6. The minimum atomic E-state index is 0.660. The van der Waals surface area contributed by atoms with Gasteiger partial charge in [-0.05, 0) is 49.7 Å². The van der Waals surface area contributed by atoms with Crippen LogP contribution in [0.25, 0.3) is 10.2 Å². The summed E-state index contributed by atoms with van der Waals surface area (Å²) in [6.45, 7) is 5.03. The summed E-state index contributed by atoms with van der Waals surface area (Å²) in [5.41, 5.74) is 6.77. The van der Waals surface area contributed by atoms with Gasteiger partial charge < -0.3 is 10.2 Å². The third-order valence-corrected chi connectivity index (χ3v) is 4.86. The van der Waals surface area contributed by atoms with E-state index in [1.165, 1.54) is 0 Å². The predicted octanol–water partition coefficient (Wildman–Crippen LogP) is 5.61. The van der Waals surface area contributed by atoms with E-state index >= 15 is 0 Å². The standard InChI is InChI=1S/C18H19ClN4S/c1-4-23(3)10-20-16-7-13(19)8-17(12(16)2)22-14-5-6-15-18(9-14)24-11-21-15/h5-11,22H,4H2,1-3H3/b20-10-. The molecule has 4 nitrogen and oxygen atoms in total. The van der Waals surface area contributed by atoms with Crippen LogP contribution in [0.2, 0.25) is 5.02 Å². The van der Waals surface area contributed by atoms with Gasteiger partial charge in [-0.2, -0.15) is 0 Å². The zero-order valence-corrected chi connectivity index (χ0v) is 15.4. The van der Waals surface area contributed by atoms with E-state index in [0.29, 0.717) is 5.02 Å². The highest BCUT2D eigenvalue weighted by Gasteiger charge is 2.07. The van der Waals surface area contributed by atoms with Crippen LogP contribution >= 0.6 is 22.9 Å². The number of nitrogens with zero attached hydrogens (tertiary/aromatic N) is 3. The average Bonchev–Trinajstić information content (AvgIpc) is 3.03. The topological polar surface area (TPSA) is 40.5 Å². The minimum Gasteiger partial charge on any atom is -0.366 e. The Balaban J connectivity index is 1.92. The Morgan fingerprint density at radius 1 is 1.33 bits per heavy atom. The first-order valence-corrected chi connectivity index (χ1v) is 8.97. The van der Waals surface area contributed by atoms with Crippen molar-refractivity contribution in [2.75, 3.05) is 18.9 Å². The van der Waals surface area contributed by atoms with Gasteiger partial charge in [-0.1, -0.05) is 11.6 Å². The number of thiazole rings is 1. The molecule has 0 atom stereocenters. The molecule has 124 valence electrons. The number of rotatable bonds is 5. The maximum Gasteiger partial charge on any atom is 0.0909 e. The number of hydrogen-bond acceptors (Lipinski definition) is 4. The van der Waals surface area contributed by atoms with Crippen LogP contribution in [0.1, 0.15) is 12.5 Å². The lowest BCUT2D eigenvalue weighted by molar-refractivity contribution is 0.552. The second kappa shape index (κ2) is 7.20. The SMILES string of the molecule is CCN(C)/C=N\c1cc(Cl)cc(Nc2ccc3ncsc3c2)c1C. The van der Waals surface area contributed by atoms with Gasteiger partial charge in [-0.25, -0.2) is 9.98 Å². The molecule has 3 aromatic rings. The van der Waals surface area contributed by atoms with Crippen LogP contribution in [-0.2, 0) is 0 Å². The van der Waals surface area contributed by atoms with Gasteiger partial charge in [0.15, 0.2) is 0 Å². The fourth-order valence-electron chi connectivity index (χ4n) is 2.26. The normalized spacial score (nSPS) is 11.3. The third kappa shape index (κ3) is 3.68. The summed E-state index contributed by atoms with van der Waals surface area (Å²) in [6, 6.07) is 9.95. The quantitative estimate of drug-likeness (QED) is 0.475. The van der Waals surface area contributed by atoms with Gasteiger partial charge in [-0.3, -0.25) is 0 Å². The molecule has 3 rings (SSSR count). The zero-order valence-electron chi connectivity index (χ0n) is 13.9. The first-order valence-electron chi connectivity index (χ1n) is 7.71. The average molecular weight is 359 g/mol. The third-order valence-electron chi connectivity index (χ3n) is 3.85. The molecule has 0 spiro atoms. The second-order valence-electron chi connectivity index (χ2n) is 5.58. The second-order valence-corrected chi connectivity index (χ2v) is 6.90. The predicted molar refractivity (Wildman–Crippen MR) is 106 cm³/mol. The van der Waals surface area contributed by atoms with Gasteiger partial charge in [0.1, 0.15) is 0 Å². The summed E-state index contributed by atoms with van der Waals surface area (Å²) >= 11 is 7.91. The molecule has 0 aliphatic heterocycles. The van der Waals surface area contributed by atoms with Crippen LogP contribution in [0.15, 0.2) is 40.8 Å². The van der Waals surface area contributed by atoms with E-state index in [-0.39, 0.29) is 0 Å². The molecule has 0 saturated heterocycles. The van der Waals surface area contributed by atoms with Crippen LogP contribution in [-0.4, -0.2) is 29.8 Å². The molecule has 1 N–H and O–H groups in total. The Labute approximate surface area is 150 Å². The summed E-state index contributed by atoms with van der Waals surface area (Å²) in [5.74, 6) is 0. The number of benzene rings is 2. The lowest BCUT2D eigenvalue weighted by atomic mass is 10.1. The molecule has 1 heterocycles. The minimum absolute atomic E-state index is 0.660. The van der Waals surface area contributed by atoms with Crippen molar-refractivity contribution < 1.29 is 0 Å². The lowest BCUT2D eigenvalue weighted by Gasteiger charge is -2.13. The van der Waals surface area contributed by atoms with Gasteiger partial charge in [0.2, 0.25) is 0 Å². The molecule has 0 aliphatic rings. The summed E-state index contributed by atoms with van der Waals surface area (Å²) in [7, 11) is 1.99. The Morgan fingerprint density at radius 2 is 2.17 bits per heavy atom. The smallest absolute Gasteiger partial charge is 0.0909 e. The Morgan fingerprint density at radius 3 is 2.96 bits per heavy atom. The van der Waals surface area contributed by atoms with Crippen LogP contribution in [0.5, 0.6) is 0 Å². The Hall–Kier alpha value is -2.11. The van der Waals surface area contributed by atoms with Crippen molar-refractivity contribution in [3.63, 3.8) is 0 Å². The van der Waals surface area contributed by atoms with Crippen molar-refractivity contribution in [2.45, 2.75) is 13.8 Å². The number of aromatic nitrogens is 1. The van der Waals surface area contributed by atoms with Crippen molar-refractivity contribution in [3.05, 3.63) is 46.4 Å². The molecule has 0 bridgehead atoms. The van der Waals surface area contributed by atoms with Gasteiger partial charge >= 0.3 is 0 Å². The fourth-order valence-corrected chi connectivity index (χ4v) is 3.19. The van der Waals surface area contributed by atoms with Crippen LogP contribution < -0.4 is 5.32 Å². The molecule has 0 saturated carbocycles. The van der Waals surface area contributed by atoms with E-state index < -0.39 is 0 Å². The van der Waals surface area contributed by atoms with E-state index in [1.807, 2.05) is 55.0 Å². The summed E-state index contributed by atoms with van der Waals surface area (Å²) in [4.78, 5) is 10.9. The molecule has 0 aliphatic carbocycles. The van der Waals surface area contributed by atoms with Gasteiger partial charge in [-0.15, -0.1) is 11.3 Å². The highest BCUT2D eigenvalue weighted by atomic mass is 35.5. The van der Waals surface area contributed by atoms with Crippen molar-refractivity contribution in [1.29, 1.82) is 0 Å².